The molecule has 0 bridgehead atoms. The van der Waals surface area contributed by atoms with Crippen molar-refractivity contribution in [3.63, 3.8) is 0 Å². The van der Waals surface area contributed by atoms with Crippen LogP contribution in [0.5, 0.6) is 0 Å². The first-order valence-electron chi connectivity index (χ1n) is 8.42. The van der Waals surface area contributed by atoms with E-state index in [1.165, 1.54) is 10.0 Å². The van der Waals surface area contributed by atoms with Crippen LogP contribution in [-0.2, 0) is 0 Å². The molecule has 0 atom stereocenters. The first-order chi connectivity index (χ1) is 12.8. The maximum absolute atomic E-state index is 5.56. The molecule has 1 nitrogen and oxygen atoms in total. The molecule has 124 valence electrons. The second-order valence-electron chi connectivity index (χ2n) is 5.87. The fourth-order valence-electron chi connectivity index (χ4n) is 2.97. The third kappa shape index (κ3) is 3.37. The van der Waals surface area contributed by atoms with E-state index in [-0.39, 0.29) is 14.5 Å². The molecule has 0 saturated carbocycles. The van der Waals surface area contributed by atoms with E-state index in [0.29, 0.717) is 0 Å². The molecule has 0 aliphatic carbocycles. The molecule has 26 heavy (non-hydrogen) atoms. The van der Waals surface area contributed by atoms with Crippen LogP contribution < -0.4 is 4.90 Å². The number of anilines is 3. The normalized spacial score (nSPS) is 10.3. The van der Waals surface area contributed by atoms with Crippen molar-refractivity contribution in [2.24, 2.45) is 0 Å². The number of rotatable bonds is 4. The summed E-state index contributed by atoms with van der Waals surface area (Å²) in [5.41, 5.74) is 4.67. The molecular formula is C24H17NSe. The third-order valence-electron chi connectivity index (χ3n) is 4.17. The molecule has 4 aromatic rings. The van der Waals surface area contributed by atoms with E-state index in [1.54, 1.807) is 0 Å². The Morgan fingerprint density at radius 3 is 1.85 bits per heavy atom. The standard InChI is InChI=1S/C24H17NSe/c1-2-23-16-17-24(26-23)19-10-9-15-22(18-19)25(20-11-5-3-6-12-20)21-13-7-4-8-14-21/h1,3-18H. The van der Waals surface area contributed by atoms with Gasteiger partial charge in [0.1, 0.15) is 0 Å². The number of hydrogen-bond acceptors (Lipinski definition) is 1. The Morgan fingerprint density at radius 1 is 0.654 bits per heavy atom. The molecule has 0 saturated heterocycles. The number of para-hydroxylation sites is 2. The summed E-state index contributed by atoms with van der Waals surface area (Å²) in [6.07, 6.45) is 5.56. The van der Waals surface area contributed by atoms with Crippen molar-refractivity contribution in [2.75, 3.05) is 4.90 Å². The average Bonchev–Trinajstić information content (AvgIpc) is 3.20. The zero-order chi connectivity index (χ0) is 17.8. The van der Waals surface area contributed by atoms with Crippen molar-refractivity contribution in [3.05, 3.63) is 101 Å². The minimum absolute atomic E-state index is 0.220. The van der Waals surface area contributed by atoms with Gasteiger partial charge in [-0.05, 0) is 0 Å². The Balaban J connectivity index is 1.82. The van der Waals surface area contributed by atoms with Gasteiger partial charge in [0, 0.05) is 0 Å². The SMILES string of the molecule is C#Cc1ccc(-c2cccc(N(c3ccccc3)c3ccccc3)c2)[se]1. The quantitative estimate of drug-likeness (QED) is 0.307. The second kappa shape index (κ2) is 7.50. The number of benzene rings is 3. The van der Waals surface area contributed by atoms with Gasteiger partial charge in [0.15, 0.2) is 0 Å². The van der Waals surface area contributed by atoms with Gasteiger partial charge in [0.05, 0.1) is 0 Å². The predicted molar refractivity (Wildman–Crippen MR) is 111 cm³/mol. The summed E-state index contributed by atoms with van der Waals surface area (Å²) in [7, 11) is 0. The summed E-state index contributed by atoms with van der Waals surface area (Å²) >= 11 is 0.220. The van der Waals surface area contributed by atoms with Gasteiger partial charge >= 0.3 is 160 Å². The Bertz CT molecular complexity index is 1000. The van der Waals surface area contributed by atoms with Crippen LogP contribution in [0.4, 0.5) is 17.1 Å². The molecule has 0 radical (unpaired) electrons. The van der Waals surface area contributed by atoms with Gasteiger partial charge in [0.2, 0.25) is 0 Å². The molecule has 3 aromatic carbocycles. The number of nitrogens with zero attached hydrogens (tertiary/aromatic N) is 1. The van der Waals surface area contributed by atoms with Gasteiger partial charge in [-0.15, -0.1) is 0 Å². The molecular weight excluding hydrogens is 381 g/mol. The van der Waals surface area contributed by atoms with E-state index < -0.39 is 0 Å². The van der Waals surface area contributed by atoms with E-state index >= 15 is 0 Å². The zero-order valence-electron chi connectivity index (χ0n) is 14.2. The maximum atomic E-state index is 5.56. The Labute approximate surface area is 160 Å². The van der Waals surface area contributed by atoms with Crippen molar-refractivity contribution in [1.82, 2.24) is 0 Å². The molecule has 2 heteroatoms. The first kappa shape index (κ1) is 16.5. The third-order valence-corrected chi connectivity index (χ3v) is 6.40. The van der Waals surface area contributed by atoms with E-state index in [2.05, 4.69) is 95.7 Å². The van der Waals surface area contributed by atoms with Crippen LogP contribution in [0, 0.1) is 12.3 Å². The molecule has 0 aliphatic rings. The predicted octanol–water partition coefficient (Wildman–Crippen LogP) is 5.86. The Morgan fingerprint density at radius 2 is 1.27 bits per heavy atom. The molecule has 0 unspecified atom stereocenters. The van der Waals surface area contributed by atoms with Crippen molar-refractivity contribution in [2.45, 2.75) is 0 Å². The minimum atomic E-state index is 0.220. The Kier molecular flexibility index (Phi) is 4.75. The molecule has 4 rings (SSSR count). The summed E-state index contributed by atoms with van der Waals surface area (Å²) in [5, 5.41) is 0. The summed E-state index contributed by atoms with van der Waals surface area (Å²) in [4.78, 5) is 2.28. The fraction of sp³-hybridized carbons (Fsp3) is 0. The number of hydrogen-bond donors (Lipinski definition) is 0. The average molecular weight is 398 g/mol. The summed E-state index contributed by atoms with van der Waals surface area (Å²) in [6, 6.07) is 33.8. The fourth-order valence-corrected chi connectivity index (χ4v) is 4.68. The van der Waals surface area contributed by atoms with Crippen LogP contribution in [0.3, 0.4) is 0 Å². The van der Waals surface area contributed by atoms with Crippen LogP contribution in [0.1, 0.15) is 4.44 Å². The molecule has 0 aliphatic heterocycles. The van der Waals surface area contributed by atoms with Crippen LogP contribution >= 0.6 is 0 Å². The molecule has 0 spiro atoms. The molecule has 0 N–H and O–H groups in total. The van der Waals surface area contributed by atoms with E-state index in [0.717, 1.165) is 21.5 Å². The summed E-state index contributed by atoms with van der Waals surface area (Å²) < 4.78 is 2.43. The van der Waals surface area contributed by atoms with Crippen LogP contribution in [-0.4, -0.2) is 14.5 Å². The van der Waals surface area contributed by atoms with E-state index in [1.807, 2.05) is 12.1 Å². The van der Waals surface area contributed by atoms with E-state index in [9.17, 15) is 0 Å². The van der Waals surface area contributed by atoms with Gasteiger partial charge in [-0.1, -0.05) is 0 Å². The van der Waals surface area contributed by atoms with Crippen LogP contribution in [0.25, 0.3) is 10.0 Å². The van der Waals surface area contributed by atoms with Gasteiger partial charge in [0.25, 0.3) is 0 Å². The van der Waals surface area contributed by atoms with Gasteiger partial charge in [-0.2, -0.15) is 0 Å². The van der Waals surface area contributed by atoms with Crippen LogP contribution in [0.2, 0.25) is 0 Å². The van der Waals surface area contributed by atoms with Gasteiger partial charge in [-0.3, -0.25) is 0 Å². The van der Waals surface area contributed by atoms with Crippen molar-refractivity contribution in [1.29, 1.82) is 0 Å². The Hall–Kier alpha value is -2.98. The zero-order valence-corrected chi connectivity index (χ0v) is 15.9. The molecule has 0 fully saturated rings. The van der Waals surface area contributed by atoms with Gasteiger partial charge in [-0.25, -0.2) is 0 Å². The van der Waals surface area contributed by atoms with Crippen molar-refractivity contribution in [3.8, 4) is 22.3 Å². The molecule has 1 aromatic heterocycles. The van der Waals surface area contributed by atoms with Crippen molar-refractivity contribution >= 4 is 31.6 Å². The molecule has 1 heterocycles. The summed E-state index contributed by atoms with van der Waals surface area (Å²) in [5.74, 6) is 2.78. The van der Waals surface area contributed by atoms with Crippen LogP contribution in [0.15, 0.2) is 97.1 Å². The monoisotopic (exact) mass is 399 g/mol. The first-order valence-corrected chi connectivity index (χ1v) is 10.1. The topological polar surface area (TPSA) is 3.24 Å². The van der Waals surface area contributed by atoms with E-state index in [4.69, 9.17) is 6.42 Å². The molecule has 0 amide bonds. The summed E-state index contributed by atoms with van der Waals surface area (Å²) in [6.45, 7) is 0. The van der Waals surface area contributed by atoms with Crippen molar-refractivity contribution < 1.29 is 0 Å². The second-order valence-corrected chi connectivity index (χ2v) is 8.14. The number of terminal acetylenes is 1. The van der Waals surface area contributed by atoms with Gasteiger partial charge < -0.3 is 0 Å².